The van der Waals surface area contributed by atoms with Gasteiger partial charge in [0.2, 0.25) is 0 Å². The second-order valence-electron chi connectivity index (χ2n) is 3.89. The number of carbonyl (C=O) groups is 1. The van der Waals surface area contributed by atoms with Gasteiger partial charge in [-0.25, -0.2) is 0 Å². The molecule has 1 aliphatic rings. The lowest BCUT2D eigenvalue weighted by atomic mass is 10.1. The highest BCUT2D eigenvalue weighted by atomic mass is 16.2. The van der Waals surface area contributed by atoms with Crippen molar-refractivity contribution in [3.8, 4) is 0 Å². The first-order chi connectivity index (χ1) is 7.18. The first-order valence-corrected chi connectivity index (χ1v) is 5.08. The Morgan fingerprint density at radius 3 is 2.73 bits per heavy atom. The van der Waals surface area contributed by atoms with Crippen molar-refractivity contribution in [1.82, 2.24) is 4.90 Å². The number of anilines is 1. The first kappa shape index (κ1) is 9.98. The highest BCUT2D eigenvalue weighted by Crippen LogP contribution is 2.16. The predicted molar refractivity (Wildman–Crippen MR) is 59.4 cm³/mol. The van der Waals surface area contributed by atoms with Gasteiger partial charge in [0.1, 0.15) is 0 Å². The minimum Gasteiger partial charge on any atom is -0.398 e. The van der Waals surface area contributed by atoms with Gasteiger partial charge in [0.05, 0.1) is 5.56 Å². The average molecular weight is 205 g/mol. The lowest BCUT2D eigenvalue weighted by Gasteiger charge is -2.16. The van der Waals surface area contributed by atoms with E-state index in [0.29, 0.717) is 17.8 Å². The summed E-state index contributed by atoms with van der Waals surface area (Å²) in [5.41, 5.74) is 12.6. The summed E-state index contributed by atoms with van der Waals surface area (Å²) in [7, 11) is 0. The van der Waals surface area contributed by atoms with E-state index >= 15 is 0 Å². The van der Waals surface area contributed by atoms with Gasteiger partial charge >= 0.3 is 0 Å². The summed E-state index contributed by atoms with van der Waals surface area (Å²) >= 11 is 0. The van der Waals surface area contributed by atoms with Gasteiger partial charge in [-0.05, 0) is 18.6 Å². The molecule has 4 nitrogen and oxygen atoms in total. The average Bonchev–Trinajstić information content (AvgIpc) is 2.65. The zero-order valence-corrected chi connectivity index (χ0v) is 8.52. The molecule has 0 spiro atoms. The number of nitrogens with zero attached hydrogens (tertiary/aromatic N) is 1. The van der Waals surface area contributed by atoms with E-state index in [1.54, 1.807) is 17.0 Å². The highest BCUT2D eigenvalue weighted by molar-refractivity contribution is 5.99. The lowest BCUT2D eigenvalue weighted by molar-refractivity contribution is 0.0792. The molecule has 1 fully saturated rings. The molecule has 0 aromatic heterocycles. The molecule has 1 saturated heterocycles. The Hall–Kier alpha value is -1.55. The van der Waals surface area contributed by atoms with E-state index in [0.717, 1.165) is 13.0 Å². The molecule has 0 saturated carbocycles. The van der Waals surface area contributed by atoms with Crippen LogP contribution in [0.15, 0.2) is 24.3 Å². The zero-order chi connectivity index (χ0) is 10.8. The molecular formula is C11H15N3O. The monoisotopic (exact) mass is 205 g/mol. The summed E-state index contributed by atoms with van der Waals surface area (Å²) in [5, 5.41) is 0. The predicted octanol–water partition coefficient (Wildman–Crippen LogP) is 0.442. The smallest absolute Gasteiger partial charge is 0.255 e. The number of hydrogen-bond acceptors (Lipinski definition) is 3. The van der Waals surface area contributed by atoms with Crippen LogP contribution in [0.3, 0.4) is 0 Å². The molecule has 15 heavy (non-hydrogen) atoms. The van der Waals surface area contributed by atoms with Crippen molar-refractivity contribution in [3.63, 3.8) is 0 Å². The van der Waals surface area contributed by atoms with Gasteiger partial charge < -0.3 is 16.4 Å². The van der Waals surface area contributed by atoms with Crippen LogP contribution in [0.5, 0.6) is 0 Å². The minimum absolute atomic E-state index is 0.0129. The van der Waals surface area contributed by atoms with Gasteiger partial charge in [-0.2, -0.15) is 0 Å². The fourth-order valence-corrected chi connectivity index (χ4v) is 1.83. The molecular weight excluding hydrogens is 190 g/mol. The number of nitrogens with two attached hydrogens (primary N) is 2. The molecule has 0 unspecified atom stereocenters. The van der Waals surface area contributed by atoms with Gasteiger partial charge in [0, 0.05) is 24.8 Å². The number of rotatable bonds is 1. The third-order valence-electron chi connectivity index (χ3n) is 2.70. The summed E-state index contributed by atoms with van der Waals surface area (Å²) in [6.07, 6.45) is 0.873. The van der Waals surface area contributed by atoms with Crippen molar-refractivity contribution in [2.24, 2.45) is 5.73 Å². The van der Waals surface area contributed by atoms with Crippen molar-refractivity contribution in [1.29, 1.82) is 0 Å². The molecule has 1 aromatic rings. The summed E-state index contributed by atoms with van der Waals surface area (Å²) in [6, 6.07) is 7.24. The van der Waals surface area contributed by atoms with E-state index in [1.807, 2.05) is 12.1 Å². The van der Waals surface area contributed by atoms with Crippen molar-refractivity contribution in [2.45, 2.75) is 12.5 Å². The molecule has 0 aliphatic carbocycles. The largest absolute Gasteiger partial charge is 0.398 e. The Balaban J connectivity index is 2.18. The normalized spacial score (nSPS) is 20.6. The van der Waals surface area contributed by atoms with Crippen LogP contribution in [0.4, 0.5) is 5.69 Å². The van der Waals surface area contributed by atoms with Crippen LogP contribution in [-0.4, -0.2) is 29.9 Å². The van der Waals surface area contributed by atoms with Gasteiger partial charge in [-0.1, -0.05) is 12.1 Å². The van der Waals surface area contributed by atoms with E-state index in [1.165, 1.54) is 0 Å². The molecule has 0 radical (unpaired) electrons. The molecule has 1 heterocycles. The van der Waals surface area contributed by atoms with Crippen LogP contribution in [-0.2, 0) is 0 Å². The van der Waals surface area contributed by atoms with E-state index in [-0.39, 0.29) is 11.9 Å². The van der Waals surface area contributed by atoms with Crippen LogP contribution in [0.2, 0.25) is 0 Å². The number of para-hydroxylation sites is 1. The molecule has 4 N–H and O–H groups in total. The molecule has 2 rings (SSSR count). The molecule has 1 atom stereocenters. The lowest BCUT2D eigenvalue weighted by Crippen LogP contribution is -2.32. The fourth-order valence-electron chi connectivity index (χ4n) is 1.83. The summed E-state index contributed by atoms with van der Waals surface area (Å²) < 4.78 is 0. The zero-order valence-electron chi connectivity index (χ0n) is 8.52. The van der Waals surface area contributed by atoms with E-state index in [9.17, 15) is 4.79 Å². The van der Waals surface area contributed by atoms with Crippen molar-refractivity contribution in [2.75, 3.05) is 18.8 Å². The van der Waals surface area contributed by atoms with Crippen LogP contribution >= 0.6 is 0 Å². The molecule has 1 aliphatic heterocycles. The second kappa shape index (κ2) is 3.90. The third-order valence-corrected chi connectivity index (χ3v) is 2.70. The van der Waals surface area contributed by atoms with Crippen LogP contribution in [0.25, 0.3) is 0 Å². The van der Waals surface area contributed by atoms with Crippen LogP contribution < -0.4 is 11.5 Å². The summed E-state index contributed by atoms with van der Waals surface area (Å²) in [5.74, 6) is -0.0129. The standard InChI is InChI=1S/C11H15N3O/c12-8-5-6-14(7-8)11(15)9-3-1-2-4-10(9)13/h1-4,8H,5-7,12-13H2/t8-/m1/s1. The Morgan fingerprint density at radius 2 is 2.13 bits per heavy atom. The maximum absolute atomic E-state index is 12.0. The number of hydrogen-bond donors (Lipinski definition) is 2. The number of amides is 1. The molecule has 1 aromatic carbocycles. The number of benzene rings is 1. The molecule has 0 bridgehead atoms. The third kappa shape index (κ3) is 1.94. The van der Waals surface area contributed by atoms with E-state index < -0.39 is 0 Å². The maximum Gasteiger partial charge on any atom is 0.255 e. The number of nitrogen functional groups attached to an aromatic ring is 1. The first-order valence-electron chi connectivity index (χ1n) is 5.08. The summed E-state index contributed by atoms with van der Waals surface area (Å²) in [4.78, 5) is 13.8. The van der Waals surface area contributed by atoms with Crippen LogP contribution in [0.1, 0.15) is 16.8 Å². The van der Waals surface area contributed by atoms with Crippen molar-refractivity contribution in [3.05, 3.63) is 29.8 Å². The Labute approximate surface area is 88.9 Å². The minimum atomic E-state index is -0.0129. The van der Waals surface area contributed by atoms with Gasteiger partial charge in [-0.3, -0.25) is 4.79 Å². The van der Waals surface area contributed by atoms with Gasteiger partial charge in [-0.15, -0.1) is 0 Å². The van der Waals surface area contributed by atoms with E-state index in [4.69, 9.17) is 11.5 Å². The SMILES string of the molecule is Nc1ccccc1C(=O)N1CC[C@@H](N)C1. The van der Waals surface area contributed by atoms with Gasteiger partial charge in [0.25, 0.3) is 5.91 Å². The maximum atomic E-state index is 12.0. The highest BCUT2D eigenvalue weighted by Gasteiger charge is 2.25. The summed E-state index contributed by atoms with van der Waals surface area (Å²) in [6.45, 7) is 1.36. The van der Waals surface area contributed by atoms with Crippen molar-refractivity contribution < 1.29 is 4.79 Å². The molecule has 1 amide bonds. The Bertz CT molecular complexity index is 378. The second-order valence-corrected chi connectivity index (χ2v) is 3.89. The van der Waals surface area contributed by atoms with E-state index in [2.05, 4.69) is 0 Å². The fraction of sp³-hybridized carbons (Fsp3) is 0.364. The number of carbonyl (C=O) groups excluding carboxylic acids is 1. The van der Waals surface area contributed by atoms with Crippen LogP contribution in [0, 0.1) is 0 Å². The quantitative estimate of drug-likeness (QED) is 0.653. The topological polar surface area (TPSA) is 72.4 Å². The molecule has 4 heteroatoms. The Morgan fingerprint density at radius 1 is 1.40 bits per heavy atom. The number of likely N-dealkylation sites (tertiary alicyclic amines) is 1. The molecule has 80 valence electrons. The van der Waals surface area contributed by atoms with Crippen molar-refractivity contribution >= 4 is 11.6 Å². The Kier molecular flexibility index (Phi) is 2.60. The van der Waals surface area contributed by atoms with Gasteiger partial charge in [0.15, 0.2) is 0 Å².